The maximum atomic E-state index is 11.5. The molecule has 0 spiro atoms. The van der Waals surface area contributed by atoms with E-state index in [1.807, 2.05) is 35.7 Å². The summed E-state index contributed by atoms with van der Waals surface area (Å²) in [6, 6.07) is 14.3. The number of pyridine rings is 1. The molecule has 0 aliphatic heterocycles. The highest BCUT2D eigenvalue weighted by molar-refractivity contribution is 5.90. The van der Waals surface area contributed by atoms with Gasteiger partial charge in [0.1, 0.15) is 0 Å². The number of hydrogen-bond donors (Lipinski definition) is 0. The summed E-state index contributed by atoms with van der Waals surface area (Å²) in [5.74, 6) is 0. The Labute approximate surface area is 112 Å². The molecule has 0 saturated heterocycles. The number of hydrogen-bond acceptors (Lipinski definition) is 1. The molecule has 2 heterocycles. The fraction of sp³-hybridized carbons (Fsp3) is 0.118. The van der Waals surface area contributed by atoms with E-state index in [1.54, 1.807) is 0 Å². The monoisotopic (exact) mass is 249 g/mol. The summed E-state index contributed by atoms with van der Waals surface area (Å²) in [4.78, 5) is 11.5. The highest BCUT2D eigenvalue weighted by Crippen LogP contribution is 2.29. The third kappa shape index (κ3) is 1.85. The van der Waals surface area contributed by atoms with E-state index < -0.39 is 0 Å². The average Bonchev–Trinajstić information content (AvgIpc) is 2.76. The van der Waals surface area contributed by atoms with Crippen molar-refractivity contribution in [2.45, 2.75) is 13.8 Å². The summed E-state index contributed by atoms with van der Waals surface area (Å²) in [7, 11) is 0. The number of aryl methyl sites for hydroxylation is 2. The molecule has 3 aromatic rings. The minimum atomic E-state index is 0.716. The summed E-state index contributed by atoms with van der Waals surface area (Å²) < 4.78 is 1.96. The second-order valence-electron chi connectivity index (χ2n) is 4.88. The quantitative estimate of drug-likeness (QED) is 0.628. The summed E-state index contributed by atoms with van der Waals surface area (Å²) >= 11 is 0. The van der Waals surface area contributed by atoms with Crippen LogP contribution in [-0.2, 0) is 0 Å². The minimum Gasteiger partial charge on any atom is -0.313 e. The number of carbonyl (C=O) groups excluding carboxylic acids is 1. The summed E-state index contributed by atoms with van der Waals surface area (Å²) in [5, 5.41) is 0. The molecule has 0 amide bonds. The third-order valence-corrected chi connectivity index (χ3v) is 3.50. The second-order valence-corrected chi connectivity index (χ2v) is 4.88. The Morgan fingerprint density at radius 3 is 2.53 bits per heavy atom. The molecule has 1 aromatic carbocycles. The van der Waals surface area contributed by atoms with Gasteiger partial charge < -0.3 is 4.40 Å². The molecule has 2 nitrogen and oxygen atoms in total. The van der Waals surface area contributed by atoms with E-state index in [4.69, 9.17) is 0 Å². The Balaban J connectivity index is 2.36. The van der Waals surface area contributed by atoms with E-state index in [1.165, 1.54) is 5.56 Å². The van der Waals surface area contributed by atoms with Crippen LogP contribution in [0.25, 0.3) is 16.6 Å². The van der Waals surface area contributed by atoms with Gasteiger partial charge in [-0.1, -0.05) is 30.3 Å². The van der Waals surface area contributed by atoms with Crippen LogP contribution in [0.1, 0.15) is 21.6 Å². The number of fused-ring (bicyclic) bond motifs is 1. The molecule has 0 aliphatic rings. The second kappa shape index (κ2) is 4.39. The van der Waals surface area contributed by atoms with Crippen LogP contribution in [0.5, 0.6) is 0 Å². The van der Waals surface area contributed by atoms with Gasteiger partial charge in [-0.15, -0.1) is 0 Å². The number of nitrogens with zero attached hydrogens (tertiary/aromatic N) is 1. The van der Waals surface area contributed by atoms with Gasteiger partial charge in [-0.05, 0) is 42.7 Å². The van der Waals surface area contributed by atoms with Crippen molar-refractivity contribution in [3.63, 3.8) is 0 Å². The molecule has 0 aliphatic carbocycles. The molecular formula is C17H15NO. The van der Waals surface area contributed by atoms with Crippen LogP contribution in [0.3, 0.4) is 0 Å². The van der Waals surface area contributed by atoms with Crippen LogP contribution in [-0.4, -0.2) is 10.7 Å². The highest BCUT2D eigenvalue weighted by Gasteiger charge is 2.12. The van der Waals surface area contributed by atoms with Crippen LogP contribution < -0.4 is 0 Å². The largest absolute Gasteiger partial charge is 0.313 e. The molecule has 94 valence electrons. The first kappa shape index (κ1) is 11.7. The van der Waals surface area contributed by atoms with Crippen molar-refractivity contribution in [1.29, 1.82) is 0 Å². The minimum absolute atomic E-state index is 0.716. The van der Waals surface area contributed by atoms with Crippen LogP contribution in [0.2, 0.25) is 0 Å². The van der Waals surface area contributed by atoms with E-state index in [9.17, 15) is 4.79 Å². The zero-order valence-corrected chi connectivity index (χ0v) is 11.1. The molecule has 0 fully saturated rings. The molecule has 0 radical (unpaired) electrons. The summed E-state index contributed by atoms with van der Waals surface area (Å²) in [5.41, 5.74) is 6.20. The van der Waals surface area contributed by atoms with Gasteiger partial charge in [0.25, 0.3) is 0 Å². The topological polar surface area (TPSA) is 21.5 Å². The third-order valence-electron chi connectivity index (χ3n) is 3.50. The van der Waals surface area contributed by atoms with E-state index in [0.717, 1.165) is 28.5 Å². The molecular weight excluding hydrogens is 234 g/mol. The molecule has 0 N–H and O–H groups in total. The van der Waals surface area contributed by atoms with E-state index in [0.29, 0.717) is 5.69 Å². The van der Waals surface area contributed by atoms with Crippen LogP contribution in [0.4, 0.5) is 0 Å². The Morgan fingerprint density at radius 2 is 1.79 bits per heavy atom. The van der Waals surface area contributed by atoms with Crippen molar-refractivity contribution in [3.8, 4) is 11.1 Å². The van der Waals surface area contributed by atoms with Gasteiger partial charge in [0.05, 0.1) is 5.69 Å². The molecule has 0 bridgehead atoms. The Bertz CT molecular complexity index is 768. The van der Waals surface area contributed by atoms with Crippen LogP contribution >= 0.6 is 0 Å². The zero-order valence-electron chi connectivity index (χ0n) is 11.1. The lowest BCUT2D eigenvalue weighted by Crippen LogP contribution is -1.93. The predicted octanol–water partition coefficient (Wildman–Crippen LogP) is 4.04. The fourth-order valence-corrected chi connectivity index (χ4v) is 2.51. The standard InChI is InChI=1S/C17H15NO/c1-12-7-8-14-9-16(17(11-19)18(14)10-12)15-6-4-3-5-13(15)2/h3-11H,1-2H3. The molecule has 0 atom stereocenters. The normalized spacial score (nSPS) is 10.8. The number of aromatic nitrogens is 1. The Hall–Kier alpha value is -2.35. The molecule has 19 heavy (non-hydrogen) atoms. The lowest BCUT2D eigenvalue weighted by Gasteiger charge is -2.04. The molecule has 2 heteroatoms. The predicted molar refractivity (Wildman–Crippen MR) is 77.7 cm³/mol. The van der Waals surface area contributed by atoms with E-state index in [2.05, 4.69) is 31.2 Å². The average molecular weight is 249 g/mol. The molecule has 0 unspecified atom stereocenters. The maximum Gasteiger partial charge on any atom is 0.167 e. The van der Waals surface area contributed by atoms with Gasteiger partial charge in [0.2, 0.25) is 0 Å². The number of benzene rings is 1. The van der Waals surface area contributed by atoms with Crippen molar-refractivity contribution in [3.05, 3.63) is 65.5 Å². The van der Waals surface area contributed by atoms with Crippen molar-refractivity contribution >= 4 is 11.8 Å². The van der Waals surface area contributed by atoms with Crippen molar-refractivity contribution in [2.75, 3.05) is 0 Å². The van der Waals surface area contributed by atoms with E-state index in [-0.39, 0.29) is 0 Å². The molecule has 3 rings (SSSR count). The number of rotatable bonds is 2. The van der Waals surface area contributed by atoms with Gasteiger partial charge >= 0.3 is 0 Å². The van der Waals surface area contributed by atoms with Gasteiger partial charge in [0.15, 0.2) is 6.29 Å². The first-order valence-corrected chi connectivity index (χ1v) is 6.33. The Kier molecular flexibility index (Phi) is 2.71. The van der Waals surface area contributed by atoms with Gasteiger partial charge in [-0.25, -0.2) is 0 Å². The summed E-state index contributed by atoms with van der Waals surface area (Å²) in [6.07, 6.45) is 2.94. The van der Waals surface area contributed by atoms with Crippen molar-refractivity contribution < 1.29 is 4.79 Å². The first-order chi connectivity index (χ1) is 9.20. The number of aldehydes is 1. The van der Waals surface area contributed by atoms with Crippen LogP contribution in [0.15, 0.2) is 48.7 Å². The fourth-order valence-electron chi connectivity index (χ4n) is 2.51. The van der Waals surface area contributed by atoms with Gasteiger partial charge in [-0.3, -0.25) is 4.79 Å². The summed E-state index contributed by atoms with van der Waals surface area (Å²) in [6.45, 7) is 4.10. The first-order valence-electron chi connectivity index (χ1n) is 6.33. The van der Waals surface area contributed by atoms with E-state index >= 15 is 0 Å². The van der Waals surface area contributed by atoms with Crippen molar-refractivity contribution in [2.24, 2.45) is 0 Å². The molecule has 0 saturated carbocycles. The number of carbonyl (C=O) groups is 1. The lowest BCUT2D eigenvalue weighted by atomic mass is 10.0. The highest BCUT2D eigenvalue weighted by atomic mass is 16.1. The maximum absolute atomic E-state index is 11.5. The zero-order chi connectivity index (χ0) is 13.4. The molecule has 2 aromatic heterocycles. The van der Waals surface area contributed by atoms with Gasteiger partial charge in [0, 0.05) is 17.3 Å². The van der Waals surface area contributed by atoms with Crippen LogP contribution in [0, 0.1) is 13.8 Å². The van der Waals surface area contributed by atoms with Gasteiger partial charge in [-0.2, -0.15) is 0 Å². The Morgan fingerprint density at radius 1 is 1.00 bits per heavy atom. The smallest absolute Gasteiger partial charge is 0.167 e. The SMILES string of the molecule is Cc1ccc2cc(-c3ccccc3C)c(C=O)n2c1. The van der Waals surface area contributed by atoms with Crippen molar-refractivity contribution in [1.82, 2.24) is 4.40 Å². The lowest BCUT2D eigenvalue weighted by molar-refractivity contribution is 0.111.